The monoisotopic (exact) mass is 471 g/mol. The van der Waals surface area contributed by atoms with Crippen LogP contribution in [0.3, 0.4) is 0 Å². The number of benzene rings is 3. The Labute approximate surface area is 207 Å². The zero-order valence-electron chi connectivity index (χ0n) is 20.5. The molecular weight excluding hydrogens is 438 g/mol. The molecule has 0 atom stereocenters. The number of anilines is 1. The van der Waals surface area contributed by atoms with Gasteiger partial charge in [0.2, 0.25) is 5.91 Å². The number of nitrogens with zero attached hydrogens (tertiary/aromatic N) is 2. The van der Waals surface area contributed by atoms with Gasteiger partial charge in [-0.05, 0) is 42.2 Å². The largest absolute Gasteiger partial charge is 0.483 e. The van der Waals surface area contributed by atoms with Crippen LogP contribution in [0.1, 0.15) is 22.3 Å². The van der Waals surface area contributed by atoms with Crippen LogP contribution in [0.25, 0.3) is 0 Å². The zero-order chi connectivity index (χ0) is 24.6. The molecule has 1 aliphatic rings. The van der Waals surface area contributed by atoms with E-state index in [9.17, 15) is 9.59 Å². The van der Waals surface area contributed by atoms with E-state index in [0.717, 1.165) is 34.5 Å². The normalized spacial score (nSPS) is 13.9. The first-order valence-electron chi connectivity index (χ1n) is 12.1. The van der Waals surface area contributed by atoms with Crippen molar-refractivity contribution in [2.24, 2.45) is 0 Å². The predicted octanol–water partition coefficient (Wildman–Crippen LogP) is 4.06. The summed E-state index contributed by atoms with van der Waals surface area (Å²) in [5, 5.41) is 3.04. The third-order valence-electron chi connectivity index (χ3n) is 6.40. The number of para-hydroxylation sites is 2. The van der Waals surface area contributed by atoms with E-state index in [1.165, 1.54) is 5.56 Å². The Kier molecular flexibility index (Phi) is 8.16. The van der Waals surface area contributed by atoms with Gasteiger partial charge in [-0.25, -0.2) is 0 Å². The van der Waals surface area contributed by atoms with Crippen LogP contribution in [-0.4, -0.2) is 60.9 Å². The molecule has 6 nitrogen and oxygen atoms in total. The van der Waals surface area contributed by atoms with E-state index in [0.29, 0.717) is 32.7 Å². The molecule has 0 saturated carbocycles. The minimum atomic E-state index is -0.0286. The SMILES string of the molecule is Cc1cccc(C)c1NC(=O)CN1CCN(C(=O)COc2ccccc2Cc2ccccc2)CC1. The van der Waals surface area contributed by atoms with Gasteiger partial charge in [0.15, 0.2) is 6.61 Å². The maximum absolute atomic E-state index is 12.8. The first kappa shape index (κ1) is 24.5. The Hall–Kier alpha value is -3.64. The zero-order valence-corrected chi connectivity index (χ0v) is 20.5. The van der Waals surface area contributed by atoms with Crippen molar-refractivity contribution in [1.29, 1.82) is 0 Å². The van der Waals surface area contributed by atoms with E-state index >= 15 is 0 Å². The lowest BCUT2D eigenvalue weighted by Gasteiger charge is -2.34. The van der Waals surface area contributed by atoms with Crippen LogP contribution >= 0.6 is 0 Å². The summed E-state index contributed by atoms with van der Waals surface area (Å²) >= 11 is 0. The van der Waals surface area contributed by atoms with Gasteiger partial charge in [-0.2, -0.15) is 0 Å². The molecule has 0 aliphatic carbocycles. The summed E-state index contributed by atoms with van der Waals surface area (Å²) < 4.78 is 5.94. The Morgan fingerprint density at radius 3 is 2.20 bits per heavy atom. The van der Waals surface area contributed by atoms with E-state index < -0.39 is 0 Å². The lowest BCUT2D eigenvalue weighted by molar-refractivity contribution is -0.135. The minimum Gasteiger partial charge on any atom is -0.483 e. The van der Waals surface area contributed by atoms with Gasteiger partial charge in [0.25, 0.3) is 5.91 Å². The Morgan fingerprint density at radius 1 is 0.829 bits per heavy atom. The summed E-state index contributed by atoms with van der Waals surface area (Å²) in [5.74, 6) is 0.686. The molecule has 0 bridgehead atoms. The van der Waals surface area contributed by atoms with Crippen molar-refractivity contribution in [2.75, 3.05) is 44.6 Å². The van der Waals surface area contributed by atoms with Crippen LogP contribution in [0.5, 0.6) is 5.75 Å². The van der Waals surface area contributed by atoms with Crippen molar-refractivity contribution >= 4 is 17.5 Å². The summed E-state index contributed by atoms with van der Waals surface area (Å²) in [5.41, 5.74) is 5.26. The fourth-order valence-electron chi connectivity index (χ4n) is 4.39. The van der Waals surface area contributed by atoms with Crippen molar-refractivity contribution < 1.29 is 14.3 Å². The highest BCUT2D eigenvalue weighted by molar-refractivity contribution is 5.93. The number of piperazine rings is 1. The van der Waals surface area contributed by atoms with Crippen molar-refractivity contribution in [3.8, 4) is 5.75 Å². The highest BCUT2D eigenvalue weighted by Gasteiger charge is 2.23. The molecule has 1 saturated heterocycles. The second kappa shape index (κ2) is 11.7. The van der Waals surface area contributed by atoms with Gasteiger partial charge in [0, 0.05) is 38.3 Å². The van der Waals surface area contributed by atoms with Crippen LogP contribution in [-0.2, 0) is 16.0 Å². The smallest absolute Gasteiger partial charge is 0.260 e. The van der Waals surface area contributed by atoms with Crippen LogP contribution in [0.4, 0.5) is 5.69 Å². The molecule has 3 aromatic rings. The molecule has 0 radical (unpaired) electrons. The van der Waals surface area contributed by atoms with Gasteiger partial charge < -0.3 is 15.0 Å². The number of hydrogen-bond donors (Lipinski definition) is 1. The van der Waals surface area contributed by atoms with E-state index in [4.69, 9.17) is 4.74 Å². The number of nitrogens with one attached hydrogen (secondary N) is 1. The Balaban J connectivity index is 1.24. The molecule has 1 heterocycles. The first-order valence-corrected chi connectivity index (χ1v) is 12.1. The van der Waals surface area contributed by atoms with Gasteiger partial charge >= 0.3 is 0 Å². The molecule has 0 aromatic heterocycles. The maximum Gasteiger partial charge on any atom is 0.260 e. The lowest BCUT2D eigenvalue weighted by atomic mass is 10.0. The summed E-state index contributed by atoms with van der Waals surface area (Å²) in [6.45, 7) is 6.82. The van der Waals surface area contributed by atoms with Crippen molar-refractivity contribution in [3.05, 3.63) is 95.1 Å². The average molecular weight is 472 g/mol. The molecule has 1 N–H and O–H groups in total. The molecular formula is C29H33N3O3. The number of aryl methyl sites for hydroxylation is 2. The summed E-state index contributed by atoms with van der Waals surface area (Å²) in [4.78, 5) is 29.3. The van der Waals surface area contributed by atoms with E-state index in [1.54, 1.807) is 0 Å². The molecule has 1 fully saturated rings. The topological polar surface area (TPSA) is 61.9 Å². The summed E-state index contributed by atoms with van der Waals surface area (Å²) in [7, 11) is 0. The Bertz CT molecular complexity index is 1130. The molecule has 6 heteroatoms. The average Bonchev–Trinajstić information content (AvgIpc) is 2.87. The second-order valence-corrected chi connectivity index (χ2v) is 9.03. The highest BCUT2D eigenvalue weighted by Crippen LogP contribution is 2.22. The fourth-order valence-corrected chi connectivity index (χ4v) is 4.39. The molecule has 4 rings (SSSR count). The van der Waals surface area contributed by atoms with Gasteiger partial charge in [-0.15, -0.1) is 0 Å². The van der Waals surface area contributed by atoms with E-state index in [2.05, 4.69) is 22.3 Å². The van der Waals surface area contributed by atoms with Gasteiger partial charge in [0.1, 0.15) is 5.75 Å². The number of carbonyl (C=O) groups excluding carboxylic acids is 2. The molecule has 35 heavy (non-hydrogen) atoms. The van der Waals surface area contributed by atoms with Crippen molar-refractivity contribution in [1.82, 2.24) is 9.80 Å². The van der Waals surface area contributed by atoms with Crippen LogP contribution in [0.15, 0.2) is 72.8 Å². The maximum atomic E-state index is 12.8. The van der Waals surface area contributed by atoms with Gasteiger partial charge in [-0.1, -0.05) is 66.7 Å². The molecule has 182 valence electrons. The van der Waals surface area contributed by atoms with Gasteiger partial charge in [0.05, 0.1) is 6.54 Å². The van der Waals surface area contributed by atoms with E-state index in [-0.39, 0.29) is 18.4 Å². The standard InChI is InChI=1S/C29H33N3O3/c1-22-9-8-10-23(2)29(22)30-27(33)20-31-15-17-32(18-16-31)28(34)21-35-26-14-7-6-13-25(26)19-24-11-4-3-5-12-24/h3-14H,15-21H2,1-2H3,(H,30,33). The number of amides is 2. The van der Waals surface area contributed by atoms with Crippen molar-refractivity contribution in [2.45, 2.75) is 20.3 Å². The number of hydrogen-bond acceptors (Lipinski definition) is 4. The molecule has 0 unspecified atom stereocenters. The first-order chi connectivity index (χ1) is 17.0. The summed E-state index contributed by atoms with van der Waals surface area (Å²) in [6, 6.07) is 24.1. The molecule has 1 aliphatic heterocycles. The molecule has 3 aromatic carbocycles. The summed E-state index contributed by atoms with van der Waals surface area (Å²) in [6.07, 6.45) is 0.758. The quantitative estimate of drug-likeness (QED) is 0.538. The minimum absolute atomic E-state index is 0.0127. The van der Waals surface area contributed by atoms with E-state index in [1.807, 2.05) is 79.4 Å². The second-order valence-electron chi connectivity index (χ2n) is 9.03. The number of carbonyl (C=O) groups is 2. The fraction of sp³-hybridized carbons (Fsp3) is 0.310. The predicted molar refractivity (Wildman–Crippen MR) is 139 cm³/mol. The number of ether oxygens (including phenoxy) is 1. The van der Waals surface area contributed by atoms with Gasteiger partial charge in [-0.3, -0.25) is 14.5 Å². The molecule has 2 amide bonds. The Morgan fingerprint density at radius 2 is 1.49 bits per heavy atom. The number of rotatable bonds is 8. The van der Waals surface area contributed by atoms with Crippen LogP contribution in [0.2, 0.25) is 0 Å². The van der Waals surface area contributed by atoms with Crippen molar-refractivity contribution in [3.63, 3.8) is 0 Å². The lowest BCUT2D eigenvalue weighted by Crippen LogP contribution is -2.51. The van der Waals surface area contributed by atoms with Crippen LogP contribution in [0, 0.1) is 13.8 Å². The third kappa shape index (κ3) is 6.70. The molecule has 0 spiro atoms. The van der Waals surface area contributed by atoms with Crippen LogP contribution < -0.4 is 10.1 Å². The highest BCUT2D eigenvalue weighted by atomic mass is 16.5. The third-order valence-corrected chi connectivity index (χ3v) is 6.40.